The first-order valence-electron chi connectivity index (χ1n) is 11.6. The molecular weight excluding hydrogens is 466 g/mol. The largest absolute Gasteiger partial charge is 0.494 e. The zero-order valence-corrected chi connectivity index (χ0v) is 20.8. The molecule has 0 aliphatic heterocycles. The Morgan fingerprint density at radius 2 is 1.89 bits per heavy atom. The number of pyridine rings is 1. The Morgan fingerprint density at radius 1 is 1.11 bits per heavy atom. The fourth-order valence-electron chi connectivity index (χ4n) is 3.29. The number of hydrogen-bond acceptors (Lipinski definition) is 6. The molecule has 0 radical (unpaired) electrons. The average Bonchev–Trinajstić information content (AvgIpc) is 3.28. The van der Waals surface area contributed by atoms with Crippen LogP contribution in [-0.2, 0) is 13.2 Å². The zero-order valence-electron chi connectivity index (χ0n) is 20.0. The van der Waals surface area contributed by atoms with E-state index < -0.39 is 5.91 Å². The molecule has 186 valence electrons. The van der Waals surface area contributed by atoms with Crippen molar-refractivity contribution in [1.82, 2.24) is 20.2 Å². The number of thiazole rings is 1. The van der Waals surface area contributed by atoms with Gasteiger partial charge in [-0.2, -0.15) is 4.99 Å². The second kappa shape index (κ2) is 13.4. The second-order valence-corrected chi connectivity index (χ2v) is 8.50. The number of rotatable bonds is 11. The molecule has 1 aromatic carbocycles. The summed E-state index contributed by atoms with van der Waals surface area (Å²) in [4.78, 5) is 33.6. The predicted octanol–water partition coefficient (Wildman–Crippen LogP) is 3.34. The van der Waals surface area contributed by atoms with Gasteiger partial charge in [-0.05, 0) is 61.7 Å². The van der Waals surface area contributed by atoms with Crippen LogP contribution in [0.4, 0.5) is 4.79 Å². The van der Waals surface area contributed by atoms with E-state index in [1.807, 2.05) is 48.1 Å². The quantitative estimate of drug-likeness (QED) is 0.351. The van der Waals surface area contributed by atoms with Crippen molar-refractivity contribution in [2.75, 3.05) is 19.7 Å². The molecule has 3 N–H and O–H groups in total. The monoisotopic (exact) mass is 497 g/mol. The molecule has 2 heterocycles. The highest BCUT2D eigenvalue weighted by molar-refractivity contribution is 7.07. The number of hydrogen-bond donors (Lipinski definition) is 3. The summed E-state index contributed by atoms with van der Waals surface area (Å²) < 4.78 is 7.53. The van der Waals surface area contributed by atoms with Gasteiger partial charge in [0.1, 0.15) is 5.75 Å². The molecule has 3 rings (SSSR count). The second-order valence-electron chi connectivity index (χ2n) is 7.66. The van der Waals surface area contributed by atoms with Crippen molar-refractivity contribution in [2.45, 2.75) is 39.8 Å². The number of nitrogens with zero attached hydrogens (tertiary/aromatic N) is 3. The minimum absolute atomic E-state index is 0.187. The summed E-state index contributed by atoms with van der Waals surface area (Å²) >= 11 is 1.38. The van der Waals surface area contributed by atoms with Gasteiger partial charge < -0.3 is 25.0 Å². The first kappa shape index (κ1) is 26.1. The maximum absolute atomic E-state index is 12.8. The number of carbonyl (C=O) groups is 2. The maximum Gasteiger partial charge on any atom is 0.314 e. The van der Waals surface area contributed by atoms with E-state index in [2.05, 4.69) is 20.6 Å². The number of benzene rings is 1. The van der Waals surface area contributed by atoms with Crippen molar-refractivity contribution >= 4 is 23.3 Å². The highest BCUT2D eigenvalue weighted by atomic mass is 32.1. The normalized spacial score (nSPS) is 11.3. The molecule has 0 bridgehead atoms. The Balaban J connectivity index is 1.84. The lowest BCUT2D eigenvalue weighted by molar-refractivity contribution is 0.0997. The van der Waals surface area contributed by atoms with E-state index in [0.29, 0.717) is 48.7 Å². The fourth-order valence-corrected chi connectivity index (χ4v) is 4.22. The van der Waals surface area contributed by atoms with Gasteiger partial charge in [0.15, 0.2) is 4.80 Å². The van der Waals surface area contributed by atoms with E-state index >= 15 is 0 Å². The number of carbonyl (C=O) groups excluding carboxylic acids is 2. The third-order valence-corrected chi connectivity index (χ3v) is 5.93. The minimum atomic E-state index is -0.409. The summed E-state index contributed by atoms with van der Waals surface area (Å²) in [5.41, 5.74) is 2.73. The highest BCUT2D eigenvalue weighted by Gasteiger charge is 2.12. The lowest BCUT2D eigenvalue weighted by atomic mass is 10.1. The molecule has 3 aromatic rings. The van der Waals surface area contributed by atoms with Crippen molar-refractivity contribution < 1.29 is 19.4 Å². The summed E-state index contributed by atoms with van der Waals surface area (Å²) in [6.45, 7) is 6.03. The van der Waals surface area contributed by atoms with E-state index in [9.17, 15) is 9.59 Å². The number of ether oxygens (including phenoxy) is 1. The van der Waals surface area contributed by atoms with Gasteiger partial charge in [-0.25, -0.2) is 4.79 Å². The smallest absolute Gasteiger partial charge is 0.314 e. The molecule has 0 unspecified atom stereocenters. The van der Waals surface area contributed by atoms with Gasteiger partial charge in [0.25, 0.3) is 5.91 Å². The number of nitrogens with one attached hydrogen (secondary N) is 2. The van der Waals surface area contributed by atoms with Crippen LogP contribution >= 0.6 is 11.3 Å². The lowest BCUT2D eigenvalue weighted by Crippen LogP contribution is -2.36. The van der Waals surface area contributed by atoms with Crippen LogP contribution in [0.1, 0.15) is 42.7 Å². The van der Waals surface area contributed by atoms with Crippen LogP contribution in [0.3, 0.4) is 0 Å². The predicted molar refractivity (Wildman–Crippen MR) is 135 cm³/mol. The molecule has 0 saturated heterocycles. The molecule has 0 aliphatic rings. The van der Waals surface area contributed by atoms with E-state index in [-0.39, 0.29) is 12.6 Å². The van der Waals surface area contributed by atoms with Gasteiger partial charge >= 0.3 is 6.03 Å². The van der Waals surface area contributed by atoms with Gasteiger partial charge in [0.05, 0.1) is 30.2 Å². The molecule has 9 nitrogen and oxygen atoms in total. The van der Waals surface area contributed by atoms with Crippen LogP contribution in [-0.4, -0.2) is 46.3 Å². The van der Waals surface area contributed by atoms with Crippen molar-refractivity contribution in [1.29, 1.82) is 0 Å². The zero-order chi connectivity index (χ0) is 25.0. The molecule has 0 saturated carbocycles. The van der Waals surface area contributed by atoms with Gasteiger partial charge in [-0.15, -0.1) is 11.3 Å². The van der Waals surface area contributed by atoms with Crippen molar-refractivity contribution in [2.24, 2.45) is 4.99 Å². The van der Waals surface area contributed by atoms with Crippen LogP contribution in [0.2, 0.25) is 0 Å². The Morgan fingerprint density at radius 3 is 2.54 bits per heavy atom. The molecular formula is C25H31N5O4S. The first-order valence-corrected chi connectivity index (χ1v) is 12.5. The summed E-state index contributed by atoms with van der Waals surface area (Å²) in [7, 11) is 0. The molecule has 35 heavy (non-hydrogen) atoms. The van der Waals surface area contributed by atoms with Gasteiger partial charge in [0, 0.05) is 31.2 Å². The third-order valence-electron chi connectivity index (χ3n) is 5.07. The molecule has 0 spiro atoms. The Bertz CT molecular complexity index is 1170. The summed E-state index contributed by atoms with van der Waals surface area (Å²) in [6, 6.07) is 10.8. The number of aliphatic hydroxyl groups is 1. The SMILES string of the molecule is CCCNC(=O)NCCCn1c(-c2ccc(OCC)cc2)csc1=NC(=O)c1ccc(CO)nc1. The maximum atomic E-state index is 12.8. The van der Waals surface area contributed by atoms with Crippen molar-refractivity contribution in [3.63, 3.8) is 0 Å². The van der Waals surface area contributed by atoms with Crippen LogP contribution in [0, 0.1) is 0 Å². The standard InChI is InChI=1S/C25H31N5O4S/c1-3-12-26-24(33)27-13-5-14-30-22(18-7-10-21(11-8-18)34-4-2)17-35-25(30)29-23(32)19-6-9-20(16-31)28-15-19/h6-11,15,17,31H,3-5,12-14,16H2,1-2H3,(H2,26,27,33). The number of aromatic nitrogens is 2. The first-order chi connectivity index (χ1) is 17.0. The summed E-state index contributed by atoms with van der Waals surface area (Å²) in [5.74, 6) is 0.382. The topological polar surface area (TPSA) is 118 Å². The lowest BCUT2D eigenvalue weighted by Gasteiger charge is -2.11. The fraction of sp³-hybridized carbons (Fsp3) is 0.360. The molecule has 0 fully saturated rings. The van der Waals surface area contributed by atoms with Crippen LogP contribution in [0.5, 0.6) is 5.75 Å². The van der Waals surface area contributed by atoms with Crippen LogP contribution in [0.25, 0.3) is 11.3 Å². The van der Waals surface area contributed by atoms with Crippen LogP contribution < -0.4 is 20.2 Å². The van der Waals surface area contributed by atoms with Crippen molar-refractivity contribution in [3.8, 4) is 17.0 Å². The van der Waals surface area contributed by atoms with E-state index in [1.165, 1.54) is 17.5 Å². The molecule has 10 heteroatoms. The Labute approximate surface area is 208 Å². The number of amides is 3. The van der Waals surface area contributed by atoms with E-state index in [1.54, 1.807) is 12.1 Å². The van der Waals surface area contributed by atoms with Gasteiger partial charge in [-0.3, -0.25) is 9.78 Å². The Kier molecular flexibility index (Phi) is 10.00. The van der Waals surface area contributed by atoms with Crippen molar-refractivity contribution in [3.05, 3.63) is 64.0 Å². The number of urea groups is 1. The average molecular weight is 498 g/mol. The molecule has 3 amide bonds. The highest BCUT2D eigenvalue weighted by Crippen LogP contribution is 2.23. The van der Waals surface area contributed by atoms with Gasteiger partial charge in [0.2, 0.25) is 0 Å². The summed E-state index contributed by atoms with van der Waals surface area (Å²) in [5, 5.41) is 16.8. The molecule has 2 aromatic heterocycles. The van der Waals surface area contributed by atoms with Gasteiger partial charge in [-0.1, -0.05) is 6.92 Å². The summed E-state index contributed by atoms with van der Waals surface area (Å²) in [6.07, 6.45) is 2.96. The molecule has 0 atom stereocenters. The van der Waals surface area contributed by atoms with E-state index in [0.717, 1.165) is 23.4 Å². The van der Waals surface area contributed by atoms with Crippen LogP contribution in [0.15, 0.2) is 53.0 Å². The molecule has 0 aliphatic carbocycles. The number of aliphatic hydroxyl groups excluding tert-OH is 1. The third kappa shape index (κ3) is 7.49. The van der Waals surface area contributed by atoms with E-state index in [4.69, 9.17) is 9.84 Å². The minimum Gasteiger partial charge on any atom is -0.494 e. The Hall–Kier alpha value is -3.50.